The first-order valence-electron chi connectivity index (χ1n) is 8.20. The third-order valence-electron chi connectivity index (χ3n) is 4.45. The number of hydrogen-bond acceptors (Lipinski definition) is 4. The van der Waals surface area contributed by atoms with Gasteiger partial charge in [0, 0.05) is 35.8 Å². The fourth-order valence-electron chi connectivity index (χ4n) is 3.14. The average Bonchev–Trinajstić information content (AvgIpc) is 3.24. The molecule has 0 radical (unpaired) electrons. The van der Waals surface area contributed by atoms with Crippen LogP contribution >= 0.6 is 11.3 Å². The molecule has 0 saturated heterocycles. The third kappa shape index (κ3) is 3.39. The van der Waals surface area contributed by atoms with Crippen LogP contribution in [0.3, 0.4) is 0 Å². The molecule has 1 aliphatic rings. The van der Waals surface area contributed by atoms with Gasteiger partial charge in [-0.3, -0.25) is 0 Å². The van der Waals surface area contributed by atoms with Gasteiger partial charge in [0.15, 0.2) is 0 Å². The highest BCUT2D eigenvalue weighted by atomic mass is 32.1. The highest BCUT2D eigenvalue weighted by Crippen LogP contribution is 2.28. The summed E-state index contributed by atoms with van der Waals surface area (Å²) in [7, 11) is 0. The van der Waals surface area contributed by atoms with Crippen LogP contribution in [0.1, 0.15) is 17.1 Å². The van der Waals surface area contributed by atoms with E-state index in [0.29, 0.717) is 5.92 Å². The van der Waals surface area contributed by atoms with E-state index in [1.165, 1.54) is 21.9 Å². The largest absolute Gasteiger partial charge is 0.317 e. The van der Waals surface area contributed by atoms with Gasteiger partial charge < -0.3 is 9.88 Å². The van der Waals surface area contributed by atoms with Crippen LogP contribution < -0.4 is 5.32 Å². The second-order valence-electron chi connectivity index (χ2n) is 6.21. The van der Waals surface area contributed by atoms with Gasteiger partial charge in [-0.15, -0.1) is 21.5 Å². The van der Waals surface area contributed by atoms with Crippen LogP contribution in [-0.2, 0) is 19.5 Å². The lowest BCUT2D eigenvalue weighted by Crippen LogP contribution is -2.29. The van der Waals surface area contributed by atoms with Crippen LogP contribution in [0.25, 0.3) is 10.4 Å². The van der Waals surface area contributed by atoms with E-state index in [4.69, 9.17) is 0 Å². The molecule has 4 nitrogen and oxygen atoms in total. The first kappa shape index (κ1) is 15.5. The van der Waals surface area contributed by atoms with Crippen molar-refractivity contribution in [3.05, 3.63) is 59.2 Å². The smallest absolute Gasteiger partial charge is 0.132 e. The fraction of sp³-hybridized carbons (Fsp3) is 0.333. The minimum atomic E-state index is -0.194. The average molecular weight is 342 g/mol. The summed E-state index contributed by atoms with van der Waals surface area (Å²) in [5, 5.41) is 11.7. The van der Waals surface area contributed by atoms with E-state index in [-0.39, 0.29) is 5.82 Å². The molecule has 3 heterocycles. The summed E-state index contributed by atoms with van der Waals surface area (Å²) in [6, 6.07) is 10.9. The molecule has 124 valence electrons. The molecular weight excluding hydrogens is 323 g/mol. The van der Waals surface area contributed by atoms with Crippen molar-refractivity contribution in [3.8, 4) is 10.4 Å². The van der Waals surface area contributed by atoms with Crippen LogP contribution in [0.2, 0.25) is 0 Å². The van der Waals surface area contributed by atoms with Crippen molar-refractivity contribution in [1.82, 2.24) is 20.1 Å². The Morgan fingerprint density at radius 1 is 1.21 bits per heavy atom. The molecule has 1 N–H and O–H groups in total. The van der Waals surface area contributed by atoms with Crippen molar-refractivity contribution in [2.75, 3.05) is 6.54 Å². The Bertz CT molecular complexity index is 809. The number of thiophene rings is 1. The lowest BCUT2D eigenvalue weighted by atomic mass is 9.99. The molecule has 0 fully saturated rings. The quantitative estimate of drug-likeness (QED) is 0.772. The lowest BCUT2D eigenvalue weighted by Gasteiger charge is -2.23. The summed E-state index contributed by atoms with van der Waals surface area (Å²) in [5.41, 5.74) is 1.07. The number of aromatic nitrogens is 3. The summed E-state index contributed by atoms with van der Waals surface area (Å²) in [4.78, 5) is 2.48. The van der Waals surface area contributed by atoms with Crippen LogP contribution in [0, 0.1) is 11.7 Å². The Balaban J connectivity index is 1.30. The van der Waals surface area contributed by atoms with Crippen molar-refractivity contribution < 1.29 is 4.39 Å². The molecule has 24 heavy (non-hydrogen) atoms. The Morgan fingerprint density at radius 2 is 2.08 bits per heavy atom. The number of benzene rings is 1. The fourth-order valence-corrected chi connectivity index (χ4v) is 4.12. The molecule has 1 aliphatic heterocycles. The Hall–Kier alpha value is -2.05. The second-order valence-corrected chi connectivity index (χ2v) is 7.38. The molecule has 0 amide bonds. The number of nitrogens with one attached hydrogen (secondary N) is 1. The van der Waals surface area contributed by atoms with Gasteiger partial charge in [0.2, 0.25) is 0 Å². The maximum absolute atomic E-state index is 13.0. The maximum Gasteiger partial charge on any atom is 0.132 e. The molecular formula is C18H19FN4S. The van der Waals surface area contributed by atoms with Crippen LogP contribution in [-0.4, -0.2) is 21.3 Å². The number of fused-ring (bicyclic) bond motifs is 1. The number of halogens is 1. The van der Waals surface area contributed by atoms with E-state index in [1.54, 1.807) is 11.3 Å². The first-order valence-corrected chi connectivity index (χ1v) is 9.01. The predicted molar refractivity (Wildman–Crippen MR) is 93.3 cm³/mol. The normalized spacial score (nSPS) is 17.0. The zero-order valence-corrected chi connectivity index (χ0v) is 14.1. The molecule has 1 aromatic carbocycles. The third-order valence-corrected chi connectivity index (χ3v) is 5.58. The number of nitrogens with zero attached hydrogens (tertiary/aromatic N) is 3. The molecule has 2 aromatic heterocycles. The Morgan fingerprint density at radius 3 is 2.96 bits per heavy atom. The molecule has 0 saturated carbocycles. The monoisotopic (exact) mass is 342 g/mol. The van der Waals surface area contributed by atoms with Gasteiger partial charge in [0.05, 0.1) is 0 Å². The van der Waals surface area contributed by atoms with E-state index in [2.05, 4.69) is 32.2 Å². The van der Waals surface area contributed by atoms with Crippen LogP contribution in [0.5, 0.6) is 0 Å². The minimum Gasteiger partial charge on any atom is -0.317 e. The summed E-state index contributed by atoms with van der Waals surface area (Å²) < 4.78 is 15.2. The van der Waals surface area contributed by atoms with E-state index in [9.17, 15) is 4.39 Å². The number of aryl methyl sites for hydroxylation is 1. The lowest BCUT2D eigenvalue weighted by molar-refractivity contribution is 0.348. The summed E-state index contributed by atoms with van der Waals surface area (Å²) in [6.07, 6.45) is 4.01. The highest BCUT2D eigenvalue weighted by molar-refractivity contribution is 7.15. The second kappa shape index (κ2) is 6.83. The molecule has 0 bridgehead atoms. The maximum atomic E-state index is 13.0. The van der Waals surface area contributed by atoms with Gasteiger partial charge >= 0.3 is 0 Å². The molecule has 1 atom stereocenters. The minimum absolute atomic E-state index is 0.194. The summed E-state index contributed by atoms with van der Waals surface area (Å²) >= 11 is 1.76. The Kier molecular flexibility index (Phi) is 4.40. The topological polar surface area (TPSA) is 42.7 Å². The van der Waals surface area contributed by atoms with E-state index >= 15 is 0 Å². The van der Waals surface area contributed by atoms with Crippen molar-refractivity contribution >= 4 is 11.3 Å². The highest BCUT2D eigenvalue weighted by Gasteiger charge is 2.19. The Labute approximate surface area is 144 Å². The molecule has 0 spiro atoms. The molecule has 1 unspecified atom stereocenters. The van der Waals surface area contributed by atoms with E-state index in [0.717, 1.165) is 43.9 Å². The zero-order chi connectivity index (χ0) is 16.4. The van der Waals surface area contributed by atoms with Gasteiger partial charge in [-0.25, -0.2) is 4.39 Å². The molecule has 3 aromatic rings. The first-order chi connectivity index (χ1) is 11.8. The number of hydrogen-bond donors (Lipinski definition) is 1. The van der Waals surface area contributed by atoms with Gasteiger partial charge in [0.1, 0.15) is 18.0 Å². The van der Waals surface area contributed by atoms with Crippen molar-refractivity contribution in [2.45, 2.75) is 25.9 Å². The molecule has 6 heteroatoms. The van der Waals surface area contributed by atoms with Crippen LogP contribution in [0.15, 0.2) is 42.7 Å². The van der Waals surface area contributed by atoms with E-state index in [1.807, 2.05) is 18.5 Å². The summed E-state index contributed by atoms with van der Waals surface area (Å²) in [6.45, 7) is 2.87. The van der Waals surface area contributed by atoms with Crippen molar-refractivity contribution in [3.63, 3.8) is 0 Å². The standard InChI is InChI=1S/C18H19FN4S/c19-15-4-2-14(3-5-15)17-7-6-16(24-17)10-20-9-13-1-8-18-22-21-12-23(18)11-13/h2-7,12-13,20H,1,8-11H2. The predicted octanol–water partition coefficient (Wildman–Crippen LogP) is 3.50. The van der Waals surface area contributed by atoms with Gasteiger partial charge in [-0.2, -0.15) is 0 Å². The van der Waals surface area contributed by atoms with Crippen molar-refractivity contribution in [1.29, 1.82) is 0 Å². The SMILES string of the molecule is Fc1ccc(-c2ccc(CNCC3CCc4nncn4C3)s2)cc1. The van der Waals surface area contributed by atoms with E-state index < -0.39 is 0 Å². The van der Waals surface area contributed by atoms with Crippen LogP contribution in [0.4, 0.5) is 4.39 Å². The van der Waals surface area contributed by atoms with Gasteiger partial charge in [-0.05, 0) is 42.2 Å². The zero-order valence-electron chi connectivity index (χ0n) is 13.3. The molecule has 4 rings (SSSR count). The van der Waals surface area contributed by atoms with Gasteiger partial charge in [-0.1, -0.05) is 12.1 Å². The number of rotatable bonds is 5. The van der Waals surface area contributed by atoms with Crippen molar-refractivity contribution in [2.24, 2.45) is 5.92 Å². The molecule has 0 aliphatic carbocycles. The summed E-state index contributed by atoms with van der Waals surface area (Å²) in [5.74, 6) is 1.54. The van der Waals surface area contributed by atoms with Gasteiger partial charge in [0.25, 0.3) is 0 Å².